The van der Waals surface area contributed by atoms with Crippen molar-refractivity contribution in [2.75, 3.05) is 6.54 Å². The van der Waals surface area contributed by atoms with Gasteiger partial charge in [-0.2, -0.15) is 0 Å². The van der Waals surface area contributed by atoms with Crippen molar-refractivity contribution in [2.45, 2.75) is 33.7 Å². The Kier molecular flexibility index (Phi) is 5.94. The highest BCUT2D eigenvalue weighted by molar-refractivity contribution is 7.09. The molecule has 0 radical (unpaired) electrons. The van der Waals surface area contributed by atoms with Crippen LogP contribution in [0.4, 0.5) is 4.79 Å². The number of carbonyl (C=O) groups excluding carboxylic acids is 1. The van der Waals surface area contributed by atoms with Gasteiger partial charge in [0.25, 0.3) is 0 Å². The highest BCUT2D eigenvalue weighted by Gasteiger charge is 2.16. The van der Waals surface area contributed by atoms with E-state index in [9.17, 15) is 9.59 Å². The third-order valence-corrected chi connectivity index (χ3v) is 4.21. The molecule has 0 spiro atoms. The second-order valence-electron chi connectivity index (χ2n) is 5.17. The van der Waals surface area contributed by atoms with E-state index in [-0.39, 0.29) is 17.8 Å². The van der Waals surface area contributed by atoms with Gasteiger partial charge in [0.2, 0.25) is 0 Å². The van der Waals surface area contributed by atoms with E-state index in [4.69, 9.17) is 5.11 Å². The van der Waals surface area contributed by atoms with E-state index >= 15 is 0 Å². The van der Waals surface area contributed by atoms with Crippen molar-refractivity contribution in [3.63, 3.8) is 0 Å². The van der Waals surface area contributed by atoms with Crippen molar-refractivity contribution >= 4 is 23.3 Å². The van der Waals surface area contributed by atoms with Gasteiger partial charge in [-0.05, 0) is 18.8 Å². The number of rotatable bonds is 6. The molecule has 112 valence electrons. The number of aromatic carboxylic acids is 1. The van der Waals surface area contributed by atoms with Crippen LogP contribution in [0.25, 0.3) is 0 Å². The summed E-state index contributed by atoms with van der Waals surface area (Å²) in [6.45, 7) is 8.67. The Morgan fingerprint density at radius 2 is 2.00 bits per heavy atom. The predicted octanol–water partition coefficient (Wildman–Crippen LogP) is 2.49. The molecular weight excluding hydrogens is 278 g/mol. The average Bonchev–Trinajstić information content (AvgIpc) is 2.85. The number of hydrogen-bond donors (Lipinski definition) is 3. The zero-order valence-electron chi connectivity index (χ0n) is 12.1. The highest BCUT2D eigenvalue weighted by atomic mass is 32.1. The molecule has 0 aliphatic heterocycles. The number of hydrogen-bond acceptors (Lipinski definition) is 4. The quantitative estimate of drug-likeness (QED) is 0.752. The second kappa shape index (κ2) is 7.23. The molecule has 0 saturated heterocycles. The molecule has 3 N–H and O–H groups in total. The Labute approximate surface area is 122 Å². The van der Waals surface area contributed by atoms with Gasteiger partial charge in [-0.1, -0.05) is 20.8 Å². The Hall–Kier alpha value is -1.63. The van der Waals surface area contributed by atoms with Gasteiger partial charge in [0.15, 0.2) is 5.69 Å². The molecular formula is C13H21N3O3S. The summed E-state index contributed by atoms with van der Waals surface area (Å²) in [6.07, 6.45) is 0. The van der Waals surface area contributed by atoms with Gasteiger partial charge in [0.05, 0.1) is 6.04 Å². The zero-order valence-corrected chi connectivity index (χ0v) is 13.0. The third kappa shape index (κ3) is 4.80. The number of carbonyl (C=O) groups is 2. The molecule has 0 bridgehead atoms. The molecule has 1 aromatic rings. The van der Waals surface area contributed by atoms with Crippen LogP contribution in [0.1, 0.15) is 49.2 Å². The minimum absolute atomic E-state index is 0.00693. The minimum Gasteiger partial charge on any atom is -0.476 e. The summed E-state index contributed by atoms with van der Waals surface area (Å²) in [5, 5.41) is 16.4. The van der Waals surface area contributed by atoms with E-state index in [0.717, 1.165) is 0 Å². The number of carboxylic acid groups (broad SMARTS) is 1. The summed E-state index contributed by atoms with van der Waals surface area (Å²) in [7, 11) is 0. The fraction of sp³-hybridized carbons (Fsp3) is 0.615. The highest BCUT2D eigenvalue weighted by Crippen LogP contribution is 2.17. The van der Waals surface area contributed by atoms with Crippen LogP contribution in [-0.4, -0.2) is 28.6 Å². The van der Waals surface area contributed by atoms with Crippen molar-refractivity contribution < 1.29 is 14.7 Å². The standard InChI is InChI=1S/C13H21N3O3S/c1-7(2)8(3)5-14-13(19)15-9(4)11-16-10(6-20-11)12(17)18/h6-9H,5H2,1-4H3,(H,17,18)(H2,14,15,19). The average molecular weight is 299 g/mol. The van der Waals surface area contributed by atoms with E-state index in [2.05, 4.69) is 36.4 Å². The molecule has 20 heavy (non-hydrogen) atoms. The van der Waals surface area contributed by atoms with Crippen LogP contribution in [0.5, 0.6) is 0 Å². The van der Waals surface area contributed by atoms with Gasteiger partial charge in [-0.25, -0.2) is 14.6 Å². The van der Waals surface area contributed by atoms with Crippen LogP contribution in [0.2, 0.25) is 0 Å². The Balaban J connectivity index is 2.46. The van der Waals surface area contributed by atoms with E-state index in [0.29, 0.717) is 23.4 Å². The maximum absolute atomic E-state index is 11.7. The van der Waals surface area contributed by atoms with Crippen LogP contribution in [0, 0.1) is 11.8 Å². The maximum Gasteiger partial charge on any atom is 0.355 e. The SMILES string of the molecule is CC(NC(=O)NCC(C)C(C)C)c1nc(C(=O)O)cs1. The lowest BCUT2D eigenvalue weighted by Crippen LogP contribution is -2.39. The second-order valence-corrected chi connectivity index (χ2v) is 6.06. The van der Waals surface area contributed by atoms with Crippen molar-refractivity contribution in [2.24, 2.45) is 11.8 Å². The summed E-state index contributed by atoms with van der Waals surface area (Å²) < 4.78 is 0. The largest absolute Gasteiger partial charge is 0.476 e. The number of urea groups is 1. The number of nitrogens with one attached hydrogen (secondary N) is 2. The molecule has 1 aromatic heterocycles. The van der Waals surface area contributed by atoms with Crippen LogP contribution >= 0.6 is 11.3 Å². The molecule has 0 saturated carbocycles. The fourth-order valence-corrected chi connectivity index (χ4v) is 2.18. The molecule has 0 aliphatic carbocycles. The summed E-state index contributed by atoms with van der Waals surface area (Å²) in [5.74, 6) is -0.158. The Morgan fingerprint density at radius 3 is 2.50 bits per heavy atom. The number of nitrogens with zero attached hydrogens (tertiary/aromatic N) is 1. The van der Waals surface area contributed by atoms with E-state index in [1.165, 1.54) is 16.7 Å². The molecule has 0 aromatic carbocycles. The first kappa shape index (κ1) is 16.4. The Bertz CT molecular complexity index is 473. The molecule has 1 heterocycles. The molecule has 2 unspecified atom stereocenters. The maximum atomic E-state index is 11.7. The topological polar surface area (TPSA) is 91.3 Å². The van der Waals surface area contributed by atoms with Crippen LogP contribution < -0.4 is 10.6 Å². The van der Waals surface area contributed by atoms with Crippen LogP contribution in [0.15, 0.2) is 5.38 Å². The fourth-order valence-electron chi connectivity index (χ4n) is 1.38. The molecule has 6 nitrogen and oxygen atoms in total. The van der Waals surface area contributed by atoms with E-state index < -0.39 is 5.97 Å². The first-order valence-electron chi connectivity index (χ1n) is 6.54. The van der Waals surface area contributed by atoms with Gasteiger partial charge < -0.3 is 15.7 Å². The van der Waals surface area contributed by atoms with Crippen LogP contribution in [0.3, 0.4) is 0 Å². The van der Waals surface area contributed by atoms with Gasteiger partial charge in [-0.3, -0.25) is 0 Å². The summed E-state index contributed by atoms with van der Waals surface area (Å²) in [4.78, 5) is 26.4. The summed E-state index contributed by atoms with van der Waals surface area (Å²) >= 11 is 1.22. The number of aromatic nitrogens is 1. The first-order chi connectivity index (χ1) is 9.31. The van der Waals surface area contributed by atoms with Gasteiger partial charge in [-0.15, -0.1) is 11.3 Å². The summed E-state index contributed by atoms with van der Waals surface area (Å²) in [5.41, 5.74) is 0.00693. The van der Waals surface area contributed by atoms with Gasteiger partial charge in [0, 0.05) is 11.9 Å². The van der Waals surface area contributed by atoms with Gasteiger partial charge in [0.1, 0.15) is 5.01 Å². The normalized spacial score (nSPS) is 13.8. The molecule has 2 amide bonds. The van der Waals surface area contributed by atoms with Crippen molar-refractivity contribution in [1.82, 2.24) is 15.6 Å². The van der Waals surface area contributed by atoms with Crippen molar-refractivity contribution in [1.29, 1.82) is 0 Å². The number of carboxylic acids is 1. The minimum atomic E-state index is -1.06. The van der Waals surface area contributed by atoms with E-state index in [1.807, 2.05) is 0 Å². The summed E-state index contributed by atoms with van der Waals surface area (Å²) in [6, 6.07) is -0.584. The smallest absolute Gasteiger partial charge is 0.355 e. The number of amides is 2. The van der Waals surface area contributed by atoms with Crippen molar-refractivity contribution in [3.8, 4) is 0 Å². The van der Waals surface area contributed by atoms with Crippen molar-refractivity contribution in [3.05, 3.63) is 16.1 Å². The lowest BCUT2D eigenvalue weighted by Gasteiger charge is -2.17. The molecule has 7 heteroatoms. The monoisotopic (exact) mass is 299 g/mol. The lowest BCUT2D eigenvalue weighted by atomic mass is 9.98. The molecule has 0 aliphatic rings. The third-order valence-electron chi connectivity index (χ3n) is 3.18. The number of thiazole rings is 1. The molecule has 1 rings (SSSR count). The Morgan fingerprint density at radius 1 is 1.35 bits per heavy atom. The predicted molar refractivity (Wildman–Crippen MR) is 78.0 cm³/mol. The first-order valence-corrected chi connectivity index (χ1v) is 7.42. The molecule has 0 fully saturated rings. The van der Waals surface area contributed by atoms with E-state index in [1.54, 1.807) is 6.92 Å². The zero-order chi connectivity index (χ0) is 15.3. The van der Waals surface area contributed by atoms with Crippen LogP contribution in [-0.2, 0) is 0 Å². The lowest BCUT2D eigenvalue weighted by molar-refractivity contribution is 0.0691. The van der Waals surface area contributed by atoms with Gasteiger partial charge >= 0.3 is 12.0 Å². The molecule has 2 atom stereocenters.